The predicted octanol–water partition coefficient (Wildman–Crippen LogP) is 2.55. The van der Waals surface area contributed by atoms with Crippen LogP contribution in [0.5, 0.6) is 5.75 Å². The minimum absolute atomic E-state index is 0.0408. The van der Waals surface area contributed by atoms with Gasteiger partial charge < -0.3 is 15.2 Å². The van der Waals surface area contributed by atoms with Crippen LogP contribution in [0, 0.1) is 16.0 Å². The molecule has 0 aromatic heterocycles. The maximum absolute atomic E-state index is 12.4. The van der Waals surface area contributed by atoms with Gasteiger partial charge in [0.1, 0.15) is 17.4 Å². The second kappa shape index (κ2) is 8.53. The molecule has 8 nitrogen and oxygen atoms in total. The molecule has 0 saturated carbocycles. The smallest absolute Gasteiger partial charge is 0.326 e. The molecule has 0 fully saturated rings. The van der Waals surface area contributed by atoms with Gasteiger partial charge in [0, 0.05) is 0 Å². The van der Waals surface area contributed by atoms with E-state index in [1.165, 1.54) is 31.0 Å². The molecule has 0 aliphatic rings. The third-order valence-electron chi connectivity index (χ3n) is 3.25. The van der Waals surface area contributed by atoms with Crippen LogP contribution in [-0.2, 0) is 4.79 Å². The van der Waals surface area contributed by atoms with Crippen molar-refractivity contribution in [2.24, 2.45) is 5.92 Å². The fourth-order valence-corrected chi connectivity index (χ4v) is 2.71. The molecule has 0 bridgehead atoms. The summed E-state index contributed by atoms with van der Waals surface area (Å²) in [5, 5.41) is 22.8. The zero-order valence-electron chi connectivity index (χ0n) is 13.9. The topological polar surface area (TPSA) is 119 Å². The summed E-state index contributed by atoms with van der Waals surface area (Å²) in [4.78, 5) is 34.8. The number of thioether (sulfide) groups is 1. The molecule has 9 heteroatoms. The third-order valence-corrected chi connectivity index (χ3v) is 4.01. The Labute approximate surface area is 143 Å². The summed E-state index contributed by atoms with van der Waals surface area (Å²) in [5.41, 5.74) is -0.629. The van der Waals surface area contributed by atoms with Crippen molar-refractivity contribution < 1.29 is 24.4 Å². The van der Waals surface area contributed by atoms with Crippen molar-refractivity contribution >= 4 is 29.3 Å². The Morgan fingerprint density at radius 1 is 1.42 bits per heavy atom. The van der Waals surface area contributed by atoms with Crippen molar-refractivity contribution in [3.63, 3.8) is 0 Å². The average Bonchev–Trinajstić information content (AvgIpc) is 2.51. The van der Waals surface area contributed by atoms with Crippen molar-refractivity contribution in [2.75, 3.05) is 13.4 Å². The first-order valence-electron chi connectivity index (χ1n) is 7.15. The molecule has 0 spiro atoms. The summed E-state index contributed by atoms with van der Waals surface area (Å²) < 4.78 is 5.08. The normalized spacial score (nSPS) is 11.9. The van der Waals surface area contributed by atoms with Crippen LogP contribution in [0.4, 0.5) is 5.69 Å². The van der Waals surface area contributed by atoms with Crippen LogP contribution in [-0.4, -0.2) is 41.3 Å². The Morgan fingerprint density at radius 2 is 2.04 bits per heavy atom. The molecule has 132 valence electrons. The van der Waals surface area contributed by atoms with Gasteiger partial charge in [0.25, 0.3) is 11.6 Å². The van der Waals surface area contributed by atoms with Gasteiger partial charge in [0.2, 0.25) is 0 Å². The molecular weight excluding hydrogens is 336 g/mol. The highest BCUT2D eigenvalue weighted by molar-refractivity contribution is 7.98. The number of amides is 1. The molecule has 0 aliphatic carbocycles. The Hall–Kier alpha value is -2.29. The van der Waals surface area contributed by atoms with Gasteiger partial charge in [0.15, 0.2) is 0 Å². The van der Waals surface area contributed by atoms with Crippen LogP contribution in [0.1, 0.15) is 30.6 Å². The lowest BCUT2D eigenvalue weighted by atomic mass is 10.0. The molecule has 0 aliphatic heterocycles. The molecule has 0 heterocycles. The highest BCUT2D eigenvalue weighted by Crippen LogP contribution is 2.34. The number of nitro groups is 1. The van der Waals surface area contributed by atoms with Crippen molar-refractivity contribution in [3.05, 3.63) is 27.8 Å². The summed E-state index contributed by atoms with van der Waals surface area (Å²) in [7, 11) is 1.38. The van der Waals surface area contributed by atoms with Crippen molar-refractivity contribution in [1.29, 1.82) is 0 Å². The number of ether oxygens (including phenoxy) is 1. The monoisotopic (exact) mass is 356 g/mol. The molecule has 0 saturated heterocycles. The zero-order valence-corrected chi connectivity index (χ0v) is 14.7. The molecule has 0 unspecified atom stereocenters. The molecule has 1 amide bonds. The van der Waals surface area contributed by atoms with E-state index < -0.39 is 28.5 Å². The highest BCUT2D eigenvalue weighted by atomic mass is 32.2. The third kappa shape index (κ3) is 4.85. The van der Waals surface area contributed by atoms with E-state index in [1.54, 1.807) is 6.26 Å². The first-order valence-corrected chi connectivity index (χ1v) is 8.37. The molecule has 1 atom stereocenters. The summed E-state index contributed by atoms with van der Waals surface area (Å²) in [6.45, 7) is 3.65. The van der Waals surface area contributed by atoms with E-state index in [9.17, 15) is 24.8 Å². The van der Waals surface area contributed by atoms with Gasteiger partial charge in [-0.05, 0) is 24.7 Å². The van der Waals surface area contributed by atoms with Gasteiger partial charge in [-0.15, -0.1) is 11.8 Å². The zero-order chi connectivity index (χ0) is 18.4. The number of aliphatic carboxylic acids is 1. The first-order chi connectivity index (χ1) is 11.2. The van der Waals surface area contributed by atoms with E-state index in [0.717, 1.165) is 0 Å². The van der Waals surface area contributed by atoms with Crippen molar-refractivity contribution in [2.45, 2.75) is 31.2 Å². The van der Waals surface area contributed by atoms with E-state index in [4.69, 9.17) is 4.74 Å². The first kappa shape index (κ1) is 19.8. The van der Waals surface area contributed by atoms with Crippen LogP contribution < -0.4 is 10.1 Å². The van der Waals surface area contributed by atoms with Crippen molar-refractivity contribution in [3.8, 4) is 5.75 Å². The fourth-order valence-electron chi connectivity index (χ4n) is 2.13. The van der Waals surface area contributed by atoms with Gasteiger partial charge >= 0.3 is 5.97 Å². The van der Waals surface area contributed by atoms with E-state index in [2.05, 4.69) is 5.32 Å². The van der Waals surface area contributed by atoms with Crippen LogP contribution in [0.25, 0.3) is 0 Å². The van der Waals surface area contributed by atoms with Gasteiger partial charge in [-0.1, -0.05) is 13.8 Å². The predicted molar refractivity (Wildman–Crippen MR) is 89.8 cm³/mol. The summed E-state index contributed by atoms with van der Waals surface area (Å²) in [6, 6.07) is 1.39. The van der Waals surface area contributed by atoms with Crippen LogP contribution in [0.3, 0.4) is 0 Å². The van der Waals surface area contributed by atoms with E-state index in [0.29, 0.717) is 4.90 Å². The number of benzene rings is 1. The lowest BCUT2D eigenvalue weighted by Crippen LogP contribution is -2.41. The maximum atomic E-state index is 12.4. The van der Waals surface area contributed by atoms with Gasteiger partial charge in [-0.3, -0.25) is 14.9 Å². The van der Waals surface area contributed by atoms with Gasteiger partial charge in [-0.2, -0.15) is 0 Å². The largest absolute Gasteiger partial charge is 0.495 e. The van der Waals surface area contributed by atoms with Gasteiger partial charge in [-0.25, -0.2) is 4.79 Å². The molecule has 2 N–H and O–H groups in total. The number of nitrogens with zero attached hydrogens (tertiary/aromatic N) is 1. The fraction of sp³-hybridized carbons (Fsp3) is 0.467. The quantitative estimate of drug-likeness (QED) is 0.417. The minimum atomic E-state index is -1.18. The number of methoxy groups -OCH3 is 1. The lowest BCUT2D eigenvalue weighted by molar-refractivity contribution is -0.385. The SMILES string of the molecule is COc1cc([N+](=O)[O-])c(C(=O)N[C@H](CC(C)C)C(=O)O)cc1SC. The van der Waals surface area contributed by atoms with Crippen LogP contribution >= 0.6 is 11.8 Å². The molecule has 1 rings (SSSR count). The number of carbonyl (C=O) groups excluding carboxylic acids is 1. The lowest BCUT2D eigenvalue weighted by Gasteiger charge is -2.17. The standard InChI is InChI=1S/C15H20N2O6S/c1-8(2)5-10(15(19)20)16-14(18)9-6-13(24-4)12(23-3)7-11(9)17(21)22/h6-8,10H,5H2,1-4H3,(H,16,18)(H,19,20)/t10-/m1/s1. The Balaban J connectivity index is 3.25. The number of carboxylic acids is 1. The van der Waals surface area contributed by atoms with Crippen LogP contribution in [0.2, 0.25) is 0 Å². The second-order valence-electron chi connectivity index (χ2n) is 5.48. The number of carbonyl (C=O) groups is 2. The van der Waals surface area contributed by atoms with Crippen LogP contribution in [0.15, 0.2) is 17.0 Å². The Bertz CT molecular complexity index is 647. The number of hydrogen-bond acceptors (Lipinski definition) is 6. The maximum Gasteiger partial charge on any atom is 0.326 e. The number of hydrogen-bond donors (Lipinski definition) is 2. The number of carboxylic acid groups (broad SMARTS) is 1. The molecule has 0 radical (unpaired) electrons. The van der Waals surface area contributed by atoms with Crippen molar-refractivity contribution in [1.82, 2.24) is 5.32 Å². The minimum Gasteiger partial charge on any atom is -0.495 e. The average molecular weight is 356 g/mol. The number of nitro benzene ring substituents is 1. The molecule has 24 heavy (non-hydrogen) atoms. The second-order valence-corrected chi connectivity index (χ2v) is 6.32. The number of rotatable bonds is 8. The highest BCUT2D eigenvalue weighted by Gasteiger charge is 2.28. The molecule has 1 aromatic carbocycles. The summed E-state index contributed by atoms with van der Waals surface area (Å²) in [5.74, 6) is -1.66. The van der Waals surface area contributed by atoms with E-state index in [-0.39, 0.29) is 23.7 Å². The number of nitrogens with one attached hydrogen (secondary N) is 1. The van der Waals surface area contributed by atoms with E-state index in [1.807, 2.05) is 13.8 Å². The molecule has 1 aromatic rings. The Morgan fingerprint density at radius 3 is 2.46 bits per heavy atom. The summed E-state index contributed by atoms with van der Waals surface area (Å²) in [6.07, 6.45) is 1.96. The molecular formula is C15H20N2O6S. The van der Waals surface area contributed by atoms with E-state index >= 15 is 0 Å². The Kier molecular flexibility index (Phi) is 7.02. The summed E-state index contributed by atoms with van der Waals surface area (Å²) >= 11 is 1.26. The van der Waals surface area contributed by atoms with Gasteiger partial charge in [0.05, 0.1) is 23.0 Å².